The lowest BCUT2D eigenvalue weighted by molar-refractivity contribution is -0.137. The quantitative estimate of drug-likeness (QED) is 0.878. The standard InChI is InChI=1S/C13H14F3NO/c14-13(15,16)10-3-1-2-9(6-10)7-12(18)8-17-11-4-5-11/h1-3,6,11,17H,4-5,7-8H2. The fourth-order valence-corrected chi connectivity index (χ4v) is 1.69. The van der Waals surface area contributed by atoms with Gasteiger partial charge in [0.1, 0.15) is 0 Å². The topological polar surface area (TPSA) is 29.1 Å². The second-order valence-corrected chi connectivity index (χ2v) is 4.57. The van der Waals surface area contributed by atoms with Gasteiger partial charge in [0.15, 0.2) is 5.78 Å². The van der Waals surface area contributed by atoms with Crippen molar-refractivity contribution in [2.75, 3.05) is 6.54 Å². The minimum atomic E-state index is -4.36. The third kappa shape index (κ3) is 3.84. The highest BCUT2D eigenvalue weighted by molar-refractivity contribution is 5.82. The van der Waals surface area contributed by atoms with Crippen LogP contribution in [0.4, 0.5) is 13.2 Å². The molecule has 0 atom stereocenters. The number of nitrogens with one attached hydrogen (secondary N) is 1. The van der Waals surface area contributed by atoms with E-state index in [9.17, 15) is 18.0 Å². The summed E-state index contributed by atoms with van der Waals surface area (Å²) in [4.78, 5) is 11.6. The molecule has 0 unspecified atom stereocenters. The molecule has 0 heterocycles. The minimum absolute atomic E-state index is 0.0453. The number of hydrogen-bond donors (Lipinski definition) is 1. The molecule has 2 rings (SSSR count). The summed E-state index contributed by atoms with van der Waals surface area (Å²) >= 11 is 0. The van der Waals surface area contributed by atoms with E-state index in [4.69, 9.17) is 0 Å². The van der Waals surface area contributed by atoms with E-state index < -0.39 is 11.7 Å². The van der Waals surface area contributed by atoms with Crippen molar-refractivity contribution in [1.29, 1.82) is 0 Å². The molecular formula is C13H14F3NO. The van der Waals surface area contributed by atoms with Crippen molar-refractivity contribution < 1.29 is 18.0 Å². The second-order valence-electron chi connectivity index (χ2n) is 4.57. The molecule has 0 radical (unpaired) electrons. The summed E-state index contributed by atoms with van der Waals surface area (Å²) in [5, 5.41) is 3.05. The van der Waals surface area contributed by atoms with E-state index in [0.29, 0.717) is 11.6 Å². The van der Waals surface area contributed by atoms with Crippen molar-refractivity contribution in [2.24, 2.45) is 0 Å². The van der Waals surface area contributed by atoms with E-state index in [1.807, 2.05) is 0 Å². The Bertz CT molecular complexity index is 438. The van der Waals surface area contributed by atoms with Gasteiger partial charge in [0.2, 0.25) is 0 Å². The summed E-state index contributed by atoms with van der Waals surface area (Å²) in [5.74, 6) is -0.0822. The monoisotopic (exact) mass is 257 g/mol. The van der Waals surface area contributed by atoms with E-state index in [0.717, 1.165) is 25.0 Å². The molecule has 2 nitrogen and oxygen atoms in total. The van der Waals surface area contributed by atoms with Crippen LogP contribution in [0.15, 0.2) is 24.3 Å². The summed E-state index contributed by atoms with van der Waals surface area (Å²) in [6, 6.07) is 5.35. The van der Waals surface area contributed by atoms with Crippen LogP contribution in [-0.2, 0) is 17.4 Å². The molecule has 0 spiro atoms. The summed E-state index contributed by atoms with van der Waals surface area (Å²) in [5.41, 5.74) is -0.296. The molecule has 1 aromatic rings. The molecule has 18 heavy (non-hydrogen) atoms. The van der Waals surface area contributed by atoms with E-state index in [2.05, 4.69) is 5.32 Å². The van der Waals surface area contributed by atoms with Gasteiger partial charge in [-0.15, -0.1) is 0 Å². The Morgan fingerprint density at radius 2 is 2.06 bits per heavy atom. The van der Waals surface area contributed by atoms with Gasteiger partial charge < -0.3 is 5.32 Å². The number of ketones is 1. The zero-order chi connectivity index (χ0) is 13.2. The number of rotatable bonds is 5. The third-order valence-electron chi connectivity index (χ3n) is 2.82. The fraction of sp³-hybridized carbons (Fsp3) is 0.462. The number of halogens is 3. The fourth-order valence-electron chi connectivity index (χ4n) is 1.69. The van der Waals surface area contributed by atoms with Crippen molar-refractivity contribution >= 4 is 5.78 Å². The lowest BCUT2D eigenvalue weighted by Gasteiger charge is -2.08. The van der Waals surface area contributed by atoms with E-state index in [1.54, 1.807) is 6.07 Å². The largest absolute Gasteiger partial charge is 0.416 e. The number of carbonyl (C=O) groups excluding carboxylic acids is 1. The minimum Gasteiger partial charge on any atom is -0.307 e. The van der Waals surface area contributed by atoms with Gasteiger partial charge in [0.25, 0.3) is 0 Å². The molecule has 1 aliphatic rings. The Kier molecular flexibility index (Phi) is 3.71. The number of benzene rings is 1. The molecule has 0 saturated heterocycles. The molecule has 98 valence electrons. The van der Waals surface area contributed by atoms with Gasteiger partial charge in [-0.3, -0.25) is 4.79 Å². The maximum absolute atomic E-state index is 12.5. The maximum atomic E-state index is 12.5. The molecule has 1 fully saturated rings. The average Bonchev–Trinajstić information content (AvgIpc) is 3.09. The van der Waals surface area contributed by atoms with E-state index >= 15 is 0 Å². The predicted octanol–water partition coefficient (Wildman–Crippen LogP) is 2.57. The summed E-state index contributed by atoms with van der Waals surface area (Å²) in [6.07, 6.45) is -2.15. The van der Waals surface area contributed by atoms with Gasteiger partial charge in [-0.2, -0.15) is 13.2 Å². The van der Waals surface area contributed by atoms with Crippen molar-refractivity contribution in [2.45, 2.75) is 31.5 Å². The van der Waals surface area contributed by atoms with Crippen LogP contribution in [0.2, 0.25) is 0 Å². The van der Waals surface area contributed by atoms with Gasteiger partial charge in [0.05, 0.1) is 12.1 Å². The Balaban J connectivity index is 1.93. The number of alkyl halides is 3. The zero-order valence-electron chi connectivity index (χ0n) is 9.76. The van der Waals surface area contributed by atoms with Crippen molar-refractivity contribution in [3.63, 3.8) is 0 Å². The zero-order valence-corrected chi connectivity index (χ0v) is 9.76. The smallest absolute Gasteiger partial charge is 0.307 e. The molecule has 1 aromatic carbocycles. The number of carbonyl (C=O) groups is 1. The molecule has 1 aliphatic carbocycles. The van der Waals surface area contributed by atoms with Crippen LogP contribution in [0.1, 0.15) is 24.0 Å². The molecule has 1 saturated carbocycles. The van der Waals surface area contributed by atoms with Gasteiger partial charge in [0, 0.05) is 12.5 Å². The van der Waals surface area contributed by atoms with Crippen LogP contribution in [0.3, 0.4) is 0 Å². The SMILES string of the molecule is O=C(CNC1CC1)Cc1cccc(C(F)(F)F)c1. The molecule has 1 N–H and O–H groups in total. The van der Waals surface area contributed by atoms with Crippen LogP contribution in [0.5, 0.6) is 0 Å². The van der Waals surface area contributed by atoms with Gasteiger partial charge in [-0.05, 0) is 24.5 Å². The van der Waals surface area contributed by atoms with Crippen LogP contribution >= 0.6 is 0 Å². The van der Waals surface area contributed by atoms with Gasteiger partial charge in [-0.25, -0.2) is 0 Å². The lowest BCUT2D eigenvalue weighted by atomic mass is 10.1. The molecule has 5 heteroatoms. The highest BCUT2D eigenvalue weighted by Gasteiger charge is 2.30. The first-order valence-corrected chi connectivity index (χ1v) is 5.86. The molecule has 0 amide bonds. The van der Waals surface area contributed by atoms with Crippen molar-refractivity contribution in [3.05, 3.63) is 35.4 Å². The molecule has 0 bridgehead atoms. The second kappa shape index (κ2) is 5.10. The first-order valence-electron chi connectivity index (χ1n) is 5.86. The van der Waals surface area contributed by atoms with Gasteiger partial charge in [-0.1, -0.05) is 18.2 Å². The first kappa shape index (κ1) is 13.1. The van der Waals surface area contributed by atoms with E-state index in [1.165, 1.54) is 6.07 Å². The molecule has 0 aliphatic heterocycles. The number of Topliss-reactive ketones (excluding diaryl/α,β-unsaturated/α-hetero) is 1. The predicted molar refractivity (Wildman–Crippen MR) is 61.2 cm³/mol. The summed E-state index contributed by atoms with van der Waals surface area (Å²) in [7, 11) is 0. The third-order valence-corrected chi connectivity index (χ3v) is 2.82. The lowest BCUT2D eigenvalue weighted by Crippen LogP contribution is -2.26. The average molecular weight is 257 g/mol. The van der Waals surface area contributed by atoms with Crippen LogP contribution in [0, 0.1) is 0 Å². The maximum Gasteiger partial charge on any atom is 0.416 e. The Morgan fingerprint density at radius 1 is 1.33 bits per heavy atom. The Morgan fingerprint density at radius 3 is 2.67 bits per heavy atom. The summed E-state index contributed by atoms with van der Waals surface area (Å²) < 4.78 is 37.4. The van der Waals surface area contributed by atoms with Crippen LogP contribution in [-0.4, -0.2) is 18.4 Å². The number of hydrogen-bond acceptors (Lipinski definition) is 2. The van der Waals surface area contributed by atoms with Crippen molar-refractivity contribution in [1.82, 2.24) is 5.32 Å². The van der Waals surface area contributed by atoms with Crippen LogP contribution in [0.25, 0.3) is 0 Å². The first-order chi connectivity index (χ1) is 8.45. The molecule has 0 aromatic heterocycles. The summed E-state index contributed by atoms with van der Waals surface area (Å²) in [6.45, 7) is 0.237. The van der Waals surface area contributed by atoms with Gasteiger partial charge >= 0.3 is 6.18 Å². The highest BCUT2D eigenvalue weighted by Crippen LogP contribution is 2.29. The Labute approximate surface area is 103 Å². The van der Waals surface area contributed by atoms with Crippen LogP contribution < -0.4 is 5.32 Å². The van der Waals surface area contributed by atoms with E-state index in [-0.39, 0.29) is 18.7 Å². The molecular weight excluding hydrogens is 243 g/mol. The van der Waals surface area contributed by atoms with Crippen molar-refractivity contribution in [3.8, 4) is 0 Å². The highest BCUT2D eigenvalue weighted by atomic mass is 19.4. The Hall–Kier alpha value is -1.36. The normalized spacial score (nSPS) is 15.7.